The van der Waals surface area contributed by atoms with Crippen molar-refractivity contribution >= 4 is 44.9 Å². The standard InChI is InChI=1S/C58H44N2O/c1-57(2)49-24-13-11-21-43(49)45-30-27-40(34-51(45)57)59(38-17-7-5-8-18-38)42-29-32-47-48-23-15-16-37-26-33-53(56(55(37)48)61-54(47)36-42)60(39-19-9-6-10-20-39)41-28-31-46-44-22-12-14-25-50(44)58(3,4)52(46)35-41/h5-36H,1-4H3. The molecule has 0 atom stereocenters. The summed E-state index contributed by atoms with van der Waals surface area (Å²) in [6.45, 7) is 9.38. The highest BCUT2D eigenvalue weighted by Crippen LogP contribution is 2.56. The summed E-state index contributed by atoms with van der Waals surface area (Å²) in [4.78, 5) is 4.74. The lowest BCUT2D eigenvalue weighted by molar-refractivity contribution is 0.488. The number of fused-ring (bicyclic) bond motifs is 8. The molecule has 0 radical (unpaired) electrons. The summed E-state index contributed by atoms with van der Waals surface area (Å²) in [5, 5.41) is 2.27. The highest BCUT2D eigenvalue weighted by molar-refractivity contribution is 6.08. The van der Waals surface area contributed by atoms with E-state index in [0.717, 1.165) is 62.0 Å². The number of rotatable bonds is 6. The minimum atomic E-state index is -0.135. The van der Waals surface area contributed by atoms with E-state index >= 15 is 0 Å². The van der Waals surface area contributed by atoms with Crippen LogP contribution in [0.25, 0.3) is 44.2 Å². The molecule has 9 aromatic rings. The molecule has 0 saturated carbocycles. The van der Waals surface area contributed by atoms with Crippen LogP contribution in [0.3, 0.4) is 0 Å². The van der Waals surface area contributed by atoms with Gasteiger partial charge in [0.25, 0.3) is 0 Å². The Labute approximate surface area is 357 Å². The minimum Gasteiger partial charge on any atom is -0.454 e. The Bertz CT molecular complexity index is 3240. The SMILES string of the molecule is CC1(C)c2ccccc2-c2ccc(N(c3ccccc3)c3ccc4c(c3)Oc3c(N(c5ccccc5)c5ccc6c(c5)C(C)(C)c5ccccc5-6)ccc5cccc-4c35)cc21. The van der Waals surface area contributed by atoms with Gasteiger partial charge in [-0.05, 0) is 122 Å². The van der Waals surface area contributed by atoms with E-state index in [1.165, 1.54) is 50.1 Å². The number of benzene rings is 9. The second-order valence-corrected chi connectivity index (χ2v) is 17.7. The molecule has 0 saturated heterocycles. The van der Waals surface area contributed by atoms with Crippen molar-refractivity contribution in [3.8, 4) is 44.9 Å². The van der Waals surface area contributed by atoms with E-state index in [9.17, 15) is 0 Å². The van der Waals surface area contributed by atoms with E-state index in [1.54, 1.807) is 0 Å². The van der Waals surface area contributed by atoms with Crippen molar-refractivity contribution in [2.45, 2.75) is 38.5 Å². The van der Waals surface area contributed by atoms with Gasteiger partial charge >= 0.3 is 0 Å². The summed E-state index contributed by atoms with van der Waals surface area (Å²) < 4.78 is 7.33. The largest absolute Gasteiger partial charge is 0.454 e. The van der Waals surface area contributed by atoms with Crippen molar-refractivity contribution in [2.24, 2.45) is 0 Å². The van der Waals surface area contributed by atoms with Crippen LogP contribution in [-0.4, -0.2) is 0 Å². The van der Waals surface area contributed by atoms with Gasteiger partial charge in [-0.25, -0.2) is 0 Å². The predicted molar refractivity (Wildman–Crippen MR) is 254 cm³/mol. The van der Waals surface area contributed by atoms with Crippen LogP contribution in [-0.2, 0) is 10.8 Å². The minimum absolute atomic E-state index is 0.120. The van der Waals surface area contributed by atoms with Crippen LogP contribution >= 0.6 is 0 Å². The number of hydrogen-bond donors (Lipinski definition) is 0. The first-order valence-corrected chi connectivity index (χ1v) is 21.3. The lowest BCUT2D eigenvalue weighted by atomic mass is 9.82. The van der Waals surface area contributed by atoms with Crippen LogP contribution in [0.5, 0.6) is 11.5 Å². The van der Waals surface area contributed by atoms with Gasteiger partial charge in [-0.2, -0.15) is 0 Å². The molecule has 0 amide bonds. The van der Waals surface area contributed by atoms with Crippen LogP contribution in [0.2, 0.25) is 0 Å². The average molecular weight is 785 g/mol. The van der Waals surface area contributed by atoms with Crippen LogP contribution in [0, 0.1) is 0 Å². The molecule has 2 aliphatic carbocycles. The lowest BCUT2D eigenvalue weighted by Crippen LogP contribution is -2.17. The van der Waals surface area contributed by atoms with Crippen LogP contribution in [0.1, 0.15) is 49.9 Å². The number of ether oxygens (including phenoxy) is 1. The van der Waals surface area contributed by atoms with Gasteiger partial charge in [-0.3, -0.25) is 0 Å². The molecule has 3 heteroatoms. The molecule has 292 valence electrons. The van der Waals surface area contributed by atoms with Crippen LogP contribution in [0.15, 0.2) is 194 Å². The summed E-state index contributed by atoms with van der Waals surface area (Å²) in [5.74, 6) is 1.69. The van der Waals surface area contributed by atoms with Gasteiger partial charge in [0, 0.05) is 56.3 Å². The summed E-state index contributed by atoms with van der Waals surface area (Å²) in [5.41, 5.74) is 19.1. The van der Waals surface area contributed by atoms with E-state index in [0.29, 0.717) is 0 Å². The molecule has 12 rings (SSSR count). The molecular weight excluding hydrogens is 741 g/mol. The van der Waals surface area contributed by atoms with E-state index < -0.39 is 0 Å². The molecular formula is C58H44N2O. The van der Waals surface area contributed by atoms with Gasteiger partial charge in [0.05, 0.1) is 5.69 Å². The summed E-state index contributed by atoms with van der Waals surface area (Å²) >= 11 is 0. The van der Waals surface area contributed by atoms with Gasteiger partial charge in [0.2, 0.25) is 0 Å². The monoisotopic (exact) mass is 784 g/mol. The van der Waals surface area contributed by atoms with Gasteiger partial charge < -0.3 is 14.5 Å². The first-order chi connectivity index (χ1) is 29.8. The van der Waals surface area contributed by atoms with Crippen molar-refractivity contribution in [3.63, 3.8) is 0 Å². The van der Waals surface area contributed by atoms with E-state index in [-0.39, 0.29) is 10.8 Å². The molecule has 1 aliphatic heterocycles. The lowest BCUT2D eigenvalue weighted by Gasteiger charge is -2.32. The second kappa shape index (κ2) is 13.1. The van der Waals surface area contributed by atoms with E-state index in [2.05, 4.69) is 232 Å². The number of hydrogen-bond acceptors (Lipinski definition) is 3. The Balaban J connectivity index is 1.02. The highest BCUT2D eigenvalue weighted by Gasteiger charge is 2.38. The number of anilines is 6. The third-order valence-corrected chi connectivity index (χ3v) is 13.6. The van der Waals surface area contributed by atoms with Gasteiger partial charge in [-0.1, -0.05) is 149 Å². The molecule has 0 fully saturated rings. The molecule has 3 aliphatic rings. The first kappa shape index (κ1) is 35.6. The molecule has 0 N–H and O–H groups in total. The summed E-state index contributed by atoms with van der Waals surface area (Å²) in [6.07, 6.45) is 0. The second-order valence-electron chi connectivity index (χ2n) is 17.7. The molecule has 9 aromatic carbocycles. The fourth-order valence-electron chi connectivity index (χ4n) is 10.6. The van der Waals surface area contributed by atoms with E-state index in [4.69, 9.17) is 4.74 Å². The Kier molecular flexibility index (Phi) is 7.62. The average Bonchev–Trinajstić information content (AvgIpc) is 3.67. The summed E-state index contributed by atoms with van der Waals surface area (Å²) in [6, 6.07) is 70.9. The highest BCUT2D eigenvalue weighted by atomic mass is 16.5. The maximum Gasteiger partial charge on any atom is 0.159 e. The first-order valence-electron chi connectivity index (χ1n) is 21.3. The molecule has 3 nitrogen and oxygen atoms in total. The van der Waals surface area contributed by atoms with Crippen molar-refractivity contribution in [2.75, 3.05) is 9.80 Å². The number of nitrogens with zero attached hydrogens (tertiary/aromatic N) is 2. The van der Waals surface area contributed by atoms with Crippen molar-refractivity contribution in [3.05, 3.63) is 216 Å². The van der Waals surface area contributed by atoms with Crippen molar-refractivity contribution in [1.29, 1.82) is 0 Å². The van der Waals surface area contributed by atoms with Crippen molar-refractivity contribution < 1.29 is 4.74 Å². The molecule has 0 bridgehead atoms. The molecule has 0 aromatic heterocycles. The molecule has 0 spiro atoms. The van der Waals surface area contributed by atoms with Crippen LogP contribution < -0.4 is 14.5 Å². The maximum atomic E-state index is 7.33. The Morgan fingerprint density at radius 1 is 0.344 bits per heavy atom. The van der Waals surface area contributed by atoms with Gasteiger partial charge in [0.15, 0.2) is 5.75 Å². The zero-order valence-corrected chi connectivity index (χ0v) is 34.8. The van der Waals surface area contributed by atoms with Crippen molar-refractivity contribution in [1.82, 2.24) is 0 Å². The Hall–Kier alpha value is -7.36. The smallest absolute Gasteiger partial charge is 0.159 e. The molecule has 1 heterocycles. The third-order valence-electron chi connectivity index (χ3n) is 13.6. The summed E-state index contributed by atoms with van der Waals surface area (Å²) in [7, 11) is 0. The fraction of sp³-hybridized carbons (Fsp3) is 0.103. The van der Waals surface area contributed by atoms with Gasteiger partial charge in [-0.15, -0.1) is 0 Å². The maximum absolute atomic E-state index is 7.33. The molecule has 61 heavy (non-hydrogen) atoms. The normalized spacial score (nSPS) is 14.3. The zero-order chi connectivity index (χ0) is 41.0. The Morgan fingerprint density at radius 2 is 0.820 bits per heavy atom. The van der Waals surface area contributed by atoms with E-state index in [1.807, 2.05) is 0 Å². The fourth-order valence-corrected chi connectivity index (χ4v) is 10.6. The molecule has 0 unspecified atom stereocenters. The van der Waals surface area contributed by atoms with Gasteiger partial charge in [0.1, 0.15) is 5.75 Å². The third kappa shape index (κ3) is 5.23. The zero-order valence-electron chi connectivity index (χ0n) is 34.8. The predicted octanol–water partition coefficient (Wildman–Crippen LogP) is 16.2. The quantitative estimate of drug-likeness (QED) is 0.167. The Morgan fingerprint density at radius 3 is 1.43 bits per heavy atom. The number of para-hydroxylation sites is 2. The van der Waals surface area contributed by atoms with Crippen LogP contribution in [0.4, 0.5) is 34.1 Å². The topological polar surface area (TPSA) is 15.7 Å².